The Hall–Kier alpha value is -0.900. The summed E-state index contributed by atoms with van der Waals surface area (Å²) in [7, 11) is 0. The Morgan fingerprint density at radius 3 is 2.75 bits per heavy atom. The zero-order valence-electron chi connectivity index (χ0n) is 9.83. The van der Waals surface area contributed by atoms with Gasteiger partial charge < -0.3 is 9.64 Å². The van der Waals surface area contributed by atoms with E-state index in [0.29, 0.717) is 6.42 Å². The molecular weight excluding hydrogens is 206 g/mol. The molecule has 2 saturated heterocycles. The Morgan fingerprint density at radius 2 is 2.12 bits per heavy atom. The first-order valence-corrected chi connectivity index (χ1v) is 6.14. The molecule has 0 aromatic carbocycles. The Labute approximate surface area is 95.9 Å². The van der Waals surface area contributed by atoms with Crippen molar-refractivity contribution in [3.8, 4) is 0 Å². The van der Waals surface area contributed by atoms with Crippen LogP contribution >= 0.6 is 0 Å². The first-order valence-electron chi connectivity index (χ1n) is 6.14. The van der Waals surface area contributed by atoms with Crippen LogP contribution in [0, 0.1) is 5.41 Å². The van der Waals surface area contributed by atoms with E-state index in [1.54, 1.807) is 0 Å². The first kappa shape index (κ1) is 11.6. The number of nitrogens with zero attached hydrogens (tertiary/aromatic N) is 1. The van der Waals surface area contributed by atoms with Crippen molar-refractivity contribution in [1.29, 1.82) is 0 Å². The molecule has 0 aromatic rings. The smallest absolute Gasteiger partial charge is 0.320 e. The molecule has 4 nitrogen and oxygen atoms in total. The largest absolute Gasteiger partial charge is 0.393 e. The summed E-state index contributed by atoms with van der Waals surface area (Å²) in [5.41, 5.74) is -0.487. The molecule has 2 aliphatic heterocycles. The number of cyclic esters (lactones) is 2. The highest BCUT2D eigenvalue weighted by Crippen LogP contribution is 2.40. The Balaban J connectivity index is 2.02. The highest BCUT2D eigenvalue weighted by atomic mass is 16.6. The normalized spacial score (nSPS) is 31.8. The van der Waals surface area contributed by atoms with Crippen LogP contribution in [0.15, 0.2) is 0 Å². The maximum absolute atomic E-state index is 11.7. The molecule has 2 rings (SSSR count). The van der Waals surface area contributed by atoms with Gasteiger partial charge in [0.2, 0.25) is 0 Å². The van der Waals surface area contributed by atoms with Crippen molar-refractivity contribution in [2.75, 3.05) is 19.6 Å². The predicted molar refractivity (Wildman–Crippen MR) is 58.7 cm³/mol. The fourth-order valence-electron chi connectivity index (χ4n) is 2.77. The van der Waals surface area contributed by atoms with Gasteiger partial charge in [0, 0.05) is 0 Å². The molecule has 0 aliphatic carbocycles. The molecular formula is C12H19NO3. The summed E-state index contributed by atoms with van der Waals surface area (Å²) >= 11 is 0. The molecule has 1 spiro atoms. The standard InChI is InChI=1S/C12H19NO3/c1-2-6-13-7-3-4-12(5-8-13)9-10(14)16-11(12)15/h2-9H2,1H3. The molecule has 0 N–H and O–H groups in total. The molecule has 2 heterocycles. The molecule has 0 amide bonds. The van der Waals surface area contributed by atoms with Crippen LogP contribution in [-0.4, -0.2) is 36.5 Å². The van der Waals surface area contributed by atoms with Gasteiger partial charge in [-0.1, -0.05) is 6.92 Å². The van der Waals surface area contributed by atoms with Crippen molar-refractivity contribution in [2.24, 2.45) is 5.41 Å². The maximum Gasteiger partial charge on any atom is 0.320 e. The number of rotatable bonds is 2. The quantitative estimate of drug-likeness (QED) is 0.525. The predicted octanol–water partition coefficient (Wildman–Crippen LogP) is 1.34. The Kier molecular flexibility index (Phi) is 3.28. The molecule has 16 heavy (non-hydrogen) atoms. The number of hydrogen-bond acceptors (Lipinski definition) is 4. The molecule has 1 atom stereocenters. The molecule has 90 valence electrons. The van der Waals surface area contributed by atoms with E-state index in [2.05, 4.69) is 11.8 Å². The molecule has 2 fully saturated rings. The van der Waals surface area contributed by atoms with Gasteiger partial charge in [0.1, 0.15) is 0 Å². The topological polar surface area (TPSA) is 46.6 Å². The average Bonchev–Trinajstić information content (AvgIpc) is 2.41. The lowest BCUT2D eigenvalue weighted by Gasteiger charge is -2.22. The van der Waals surface area contributed by atoms with Gasteiger partial charge in [-0.2, -0.15) is 0 Å². The van der Waals surface area contributed by atoms with Crippen LogP contribution in [-0.2, 0) is 14.3 Å². The lowest BCUT2D eigenvalue weighted by molar-refractivity contribution is -0.155. The molecule has 0 bridgehead atoms. The van der Waals surface area contributed by atoms with Gasteiger partial charge in [0.05, 0.1) is 11.8 Å². The fourth-order valence-corrected chi connectivity index (χ4v) is 2.77. The lowest BCUT2D eigenvalue weighted by atomic mass is 9.79. The minimum Gasteiger partial charge on any atom is -0.393 e. The minimum atomic E-state index is -0.487. The van der Waals surface area contributed by atoms with Gasteiger partial charge in [-0.15, -0.1) is 0 Å². The van der Waals surface area contributed by atoms with E-state index >= 15 is 0 Å². The Bertz CT molecular complexity index is 303. The van der Waals surface area contributed by atoms with E-state index in [0.717, 1.165) is 45.3 Å². The van der Waals surface area contributed by atoms with Crippen LogP contribution in [0.2, 0.25) is 0 Å². The van der Waals surface area contributed by atoms with E-state index in [1.807, 2.05) is 0 Å². The molecule has 0 aromatic heterocycles. The zero-order chi connectivity index (χ0) is 11.6. The van der Waals surface area contributed by atoms with E-state index in [-0.39, 0.29) is 11.9 Å². The van der Waals surface area contributed by atoms with Crippen LogP contribution in [0.4, 0.5) is 0 Å². The van der Waals surface area contributed by atoms with E-state index in [9.17, 15) is 9.59 Å². The van der Waals surface area contributed by atoms with Crippen LogP contribution < -0.4 is 0 Å². The van der Waals surface area contributed by atoms with Crippen LogP contribution in [0.5, 0.6) is 0 Å². The summed E-state index contributed by atoms with van der Waals surface area (Å²) in [5, 5.41) is 0. The van der Waals surface area contributed by atoms with Crippen LogP contribution in [0.3, 0.4) is 0 Å². The van der Waals surface area contributed by atoms with Gasteiger partial charge in [-0.05, 0) is 45.3 Å². The summed E-state index contributed by atoms with van der Waals surface area (Å²) in [6.45, 7) is 5.19. The summed E-state index contributed by atoms with van der Waals surface area (Å²) in [6, 6.07) is 0. The van der Waals surface area contributed by atoms with Crippen LogP contribution in [0.25, 0.3) is 0 Å². The molecule has 1 unspecified atom stereocenters. The second kappa shape index (κ2) is 4.53. The highest BCUT2D eigenvalue weighted by molar-refractivity contribution is 5.97. The monoisotopic (exact) mass is 225 g/mol. The molecule has 2 aliphatic rings. The number of esters is 2. The third kappa shape index (κ3) is 2.12. The third-order valence-corrected chi connectivity index (χ3v) is 3.70. The minimum absolute atomic E-state index is 0.282. The van der Waals surface area contributed by atoms with Crippen LogP contribution in [0.1, 0.15) is 39.0 Å². The number of carbonyl (C=O) groups excluding carboxylic acids is 2. The number of carbonyl (C=O) groups is 2. The van der Waals surface area contributed by atoms with Gasteiger partial charge in [-0.25, -0.2) is 0 Å². The van der Waals surface area contributed by atoms with Crippen molar-refractivity contribution in [1.82, 2.24) is 4.90 Å². The zero-order valence-corrected chi connectivity index (χ0v) is 9.83. The van der Waals surface area contributed by atoms with Gasteiger partial charge in [0.25, 0.3) is 0 Å². The highest BCUT2D eigenvalue weighted by Gasteiger charge is 2.49. The van der Waals surface area contributed by atoms with Crippen molar-refractivity contribution < 1.29 is 14.3 Å². The van der Waals surface area contributed by atoms with E-state index < -0.39 is 5.41 Å². The van der Waals surface area contributed by atoms with E-state index in [1.165, 1.54) is 0 Å². The second-order valence-corrected chi connectivity index (χ2v) is 4.91. The second-order valence-electron chi connectivity index (χ2n) is 4.91. The lowest BCUT2D eigenvalue weighted by Crippen LogP contribution is -2.29. The van der Waals surface area contributed by atoms with Crippen molar-refractivity contribution in [2.45, 2.75) is 39.0 Å². The summed E-state index contributed by atoms with van der Waals surface area (Å²) < 4.78 is 4.71. The first-order chi connectivity index (χ1) is 7.66. The number of likely N-dealkylation sites (tertiary alicyclic amines) is 1. The summed E-state index contributed by atoms with van der Waals surface area (Å²) in [6.07, 6.45) is 4.00. The van der Waals surface area contributed by atoms with Crippen molar-refractivity contribution in [3.05, 3.63) is 0 Å². The van der Waals surface area contributed by atoms with E-state index in [4.69, 9.17) is 4.74 Å². The van der Waals surface area contributed by atoms with Gasteiger partial charge in [-0.3, -0.25) is 9.59 Å². The summed E-state index contributed by atoms with van der Waals surface area (Å²) in [4.78, 5) is 25.3. The molecule has 0 radical (unpaired) electrons. The van der Waals surface area contributed by atoms with Gasteiger partial charge >= 0.3 is 11.9 Å². The maximum atomic E-state index is 11.7. The van der Waals surface area contributed by atoms with Gasteiger partial charge in [0.15, 0.2) is 0 Å². The van der Waals surface area contributed by atoms with Crippen molar-refractivity contribution >= 4 is 11.9 Å². The van der Waals surface area contributed by atoms with Crippen molar-refractivity contribution in [3.63, 3.8) is 0 Å². The fraction of sp³-hybridized carbons (Fsp3) is 0.833. The average molecular weight is 225 g/mol. The SMILES string of the molecule is CCCN1CCCC2(CC1)CC(=O)OC2=O. The number of ether oxygens (including phenoxy) is 1. The molecule has 0 saturated carbocycles. The number of hydrogen-bond donors (Lipinski definition) is 0. The third-order valence-electron chi connectivity index (χ3n) is 3.70. The Morgan fingerprint density at radius 1 is 1.31 bits per heavy atom. The summed E-state index contributed by atoms with van der Waals surface area (Å²) in [5.74, 6) is -0.621. The molecule has 4 heteroatoms.